The number of ether oxygens (including phenoxy) is 1. The van der Waals surface area contributed by atoms with Crippen molar-refractivity contribution >= 4 is 17.4 Å². The van der Waals surface area contributed by atoms with Crippen molar-refractivity contribution in [1.82, 2.24) is 4.90 Å². The quantitative estimate of drug-likeness (QED) is 0.861. The highest BCUT2D eigenvalue weighted by Gasteiger charge is 2.11. The Morgan fingerprint density at radius 2 is 2.32 bits per heavy atom. The Balaban J connectivity index is 2.49. The molecule has 0 unspecified atom stereocenters. The first-order chi connectivity index (χ1) is 9.02. The molecule has 0 fully saturated rings. The number of amides is 1. The summed E-state index contributed by atoms with van der Waals surface area (Å²) < 4.78 is 5.16. The maximum atomic E-state index is 11.7. The van der Waals surface area contributed by atoms with Crippen LogP contribution in [0.5, 0.6) is 0 Å². The van der Waals surface area contributed by atoms with E-state index in [1.165, 1.54) is 0 Å². The normalized spacial score (nSPS) is 9.95. The minimum Gasteiger partial charge on any atom is -0.449 e. The highest BCUT2D eigenvalue weighted by atomic mass is 32.1. The smallest absolute Gasteiger partial charge is 0.409 e. The van der Waals surface area contributed by atoms with Gasteiger partial charge in [0.25, 0.3) is 0 Å². The summed E-state index contributed by atoms with van der Waals surface area (Å²) >= 11 is 1.55. The van der Waals surface area contributed by atoms with Crippen molar-refractivity contribution in [2.75, 3.05) is 20.2 Å². The lowest BCUT2D eigenvalue weighted by Gasteiger charge is -2.17. The molecule has 0 spiro atoms. The van der Waals surface area contributed by atoms with Gasteiger partial charge in [-0.3, -0.25) is 0 Å². The van der Waals surface area contributed by atoms with Crippen LogP contribution in [-0.4, -0.2) is 31.2 Å². The minimum absolute atomic E-state index is 0.297. The van der Waals surface area contributed by atoms with Crippen molar-refractivity contribution in [2.24, 2.45) is 11.7 Å². The SMILES string of the molecule is CC(C)COC(=O)N(C)Cc1csc(C#CCN)c1. The van der Waals surface area contributed by atoms with E-state index in [4.69, 9.17) is 10.5 Å². The van der Waals surface area contributed by atoms with Crippen molar-refractivity contribution < 1.29 is 9.53 Å². The molecule has 1 aromatic rings. The minimum atomic E-state index is -0.297. The third kappa shape index (κ3) is 5.77. The van der Waals surface area contributed by atoms with Gasteiger partial charge in [0.05, 0.1) is 18.0 Å². The maximum Gasteiger partial charge on any atom is 0.409 e. The fourth-order valence-corrected chi connectivity index (χ4v) is 2.12. The first kappa shape index (κ1) is 15.5. The van der Waals surface area contributed by atoms with E-state index < -0.39 is 0 Å². The predicted octanol–water partition coefficient (Wildman–Crippen LogP) is 2.28. The molecule has 4 nitrogen and oxygen atoms in total. The molecular formula is C14H20N2O2S. The first-order valence-electron chi connectivity index (χ1n) is 6.17. The Morgan fingerprint density at radius 1 is 1.58 bits per heavy atom. The molecule has 19 heavy (non-hydrogen) atoms. The second kappa shape index (κ2) is 7.82. The zero-order chi connectivity index (χ0) is 14.3. The van der Waals surface area contributed by atoms with E-state index >= 15 is 0 Å². The third-order valence-corrected chi connectivity index (χ3v) is 3.13. The lowest BCUT2D eigenvalue weighted by Crippen LogP contribution is -2.27. The average molecular weight is 280 g/mol. The van der Waals surface area contributed by atoms with Crippen molar-refractivity contribution in [3.63, 3.8) is 0 Å². The largest absolute Gasteiger partial charge is 0.449 e. The van der Waals surface area contributed by atoms with Crippen LogP contribution in [0.1, 0.15) is 24.3 Å². The van der Waals surface area contributed by atoms with E-state index in [1.807, 2.05) is 25.3 Å². The van der Waals surface area contributed by atoms with Crippen LogP contribution in [-0.2, 0) is 11.3 Å². The number of nitrogens with zero attached hydrogens (tertiary/aromatic N) is 1. The Bertz CT molecular complexity index is 471. The number of hydrogen-bond donors (Lipinski definition) is 1. The molecule has 104 valence electrons. The second-order valence-electron chi connectivity index (χ2n) is 4.65. The summed E-state index contributed by atoms with van der Waals surface area (Å²) in [6, 6.07) is 1.97. The fourth-order valence-electron chi connectivity index (χ4n) is 1.35. The van der Waals surface area contributed by atoms with Gasteiger partial charge < -0.3 is 15.4 Å². The molecule has 1 amide bonds. The fraction of sp³-hybridized carbons (Fsp3) is 0.500. The summed E-state index contributed by atoms with van der Waals surface area (Å²) in [6.07, 6.45) is -0.297. The Hall–Kier alpha value is -1.51. The van der Waals surface area contributed by atoms with E-state index in [-0.39, 0.29) is 6.09 Å². The van der Waals surface area contributed by atoms with Gasteiger partial charge in [0, 0.05) is 13.6 Å². The molecule has 1 aromatic heterocycles. The molecule has 0 aromatic carbocycles. The van der Waals surface area contributed by atoms with Crippen molar-refractivity contribution in [3.8, 4) is 11.8 Å². The topological polar surface area (TPSA) is 55.6 Å². The van der Waals surface area contributed by atoms with Crippen LogP contribution in [0.15, 0.2) is 11.4 Å². The summed E-state index contributed by atoms with van der Waals surface area (Å²) in [6.45, 7) is 5.34. The molecule has 0 saturated carbocycles. The molecule has 2 N–H and O–H groups in total. The van der Waals surface area contributed by atoms with Gasteiger partial charge in [-0.25, -0.2) is 4.79 Å². The summed E-state index contributed by atoms with van der Waals surface area (Å²) in [5.74, 6) is 6.13. The molecule has 0 aliphatic heterocycles. The molecule has 0 aliphatic carbocycles. The van der Waals surface area contributed by atoms with Crippen LogP contribution in [0.2, 0.25) is 0 Å². The zero-order valence-corrected chi connectivity index (χ0v) is 12.4. The van der Waals surface area contributed by atoms with E-state index in [9.17, 15) is 4.79 Å². The molecule has 1 rings (SSSR count). The number of thiophene rings is 1. The average Bonchev–Trinajstić information content (AvgIpc) is 2.80. The molecule has 0 aliphatic rings. The number of nitrogens with two attached hydrogens (primary N) is 1. The summed E-state index contributed by atoms with van der Waals surface area (Å²) in [4.78, 5) is 14.2. The van der Waals surface area contributed by atoms with Gasteiger partial charge in [0.15, 0.2) is 0 Å². The lowest BCUT2D eigenvalue weighted by atomic mass is 10.2. The number of rotatable bonds is 4. The third-order valence-electron chi connectivity index (χ3n) is 2.24. The van der Waals surface area contributed by atoms with Gasteiger partial charge >= 0.3 is 6.09 Å². The van der Waals surface area contributed by atoms with Crippen LogP contribution < -0.4 is 5.73 Å². The van der Waals surface area contributed by atoms with Crippen LogP contribution in [0, 0.1) is 17.8 Å². The van der Waals surface area contributed by atoms with Crippen molar-refractivity contribution in [1.29, 1.82) is 0 Å². The zero-order valence-electron chi connectivity index (χ0n) is 11.6. The standard InChI is InChI=1S/C14H20N2O2S/c1-11(2)9-18-14(17)16(3)8-12-7-13(19-10-12)5-4-6-15/h7,10-11H,6,8-9,15H2,1-3H3. The summed E-state index contributed by atoms with van der Waals surface area (Å²) in [7, 11) is 1.73. The van der Waals surface area contributed by atoms with E-state index in [0.29, 0.717) is 25.6 Å². The highest BCUT2D eigenvalue weighted by Crippen LogP contribution is 2.15. The van der Waals surface area contributed by atoms with E-state index in [2.05, 4.69) is 11.8 Å². The number of carbonyl (C=O) groups excluding carboxylic acids is 1. The first-order valence-corrected chi connectivity index (χ1v) is 7.05. The molecule has 0 radical (unpaired) electrons. The Morgan fingerprint density at radius 3 is 2.95 bits per heavy atom. The Labute approximate surface area is 118 Å². The van der Waals surface area contributed by atoms with Crippen LogP contribution >= 0.6 is 11.3 Å². The molecular weight excluding hydrogens is 260 g/mol. The van der Waals surface area contributed by atoms with Gasteiger partial charge in [-0.1, -0.05) is 25.7 Å². The van der Waals surface area contributed by atoms with Gasteiger partial charge in [-0.2, -0.15) is 0 Å². The van der Waals surface area contributed by atoms with Crippen LogP contribution in [0.3, 0.4) is 0 Å². The van der Waals surface area contributed by atoms with E-state index in [0.717, 1.165) is 10.4 Å². The predicted molar refractivity (Wildman–Crippen MR) is 77.9 cm³/mol. The van der Waals surface area contributed by atoms with Crippen LogP contribution in [0.25, 0.3) is 0 Å². The van der Waals surface area contributed by atoms with E-state index in [1.54, 1.807) is 23.3 Å². The van der Waals surface area contributed by atoms with Gasteiger partial charge in [-0.15, -0.1) is 11.3 Å². The molecule has 1 heterocycles. The maximum absolute atomic E-state index is 11.7. The Kier molecular flexibility index (Phi) is 6.40. The monoisotopic (exact) mass is 280 g/mol. The van der Waals surface area contributed by atoms with Gasteiger partial charge in [-0.05, 0) is 22.9 Å². The van der Waals surface area contributed by atoms with Gasteiger partial charge in [0.1, 0.15) is 0 Å². The van der Waals surface area contributed by atoms with Crippen molar-refractivity contribution in [3.05, 3.63) is 21.9 Å². The number of hydrogen-bond acceptors (Lipinski definition) is 4. The number of carbonyl (C=O) groups is 1. The summed E-state index contributed by atoms with van der Waals surface area (Å²) in [5.41, 5.74) is 6.37. The lowest BCUT2D eigenvalue weighted by molar-refractivity contribution is 0.0980. The second-order valence-corrected chi connectivity index (χ2v) is 5.56. The van der Waals surface area contributed by atoms with Crippen molar-refractivity contribution in [2.45, 2.75) is 20.4 Å². The molecule has 0 bridgehead atoms. The summed E-state index contributed by atoms with van der Waals surface area (Å²) in [5, 5.41) is 1.99. The molecule has 5 heteroatoms. The highest BCUT2D eigenvalue weighted by molar-refractivity contribution is 7.10. The van der Waals surface area contributed by atoms with Gasteiger partial charge in [0.2, 0.25) is 0 Å². The van der Waals surface area contributed by atoms with Crippen LogP contribution in [0.4, 0.5) is 4.79 Å². The molecule has 0 atom stereocenters. The molecule has 0 saturated heterocycles.